The maximum atomic E-state index is 13.5. The van der Waals surface area contributed by atoms with Crippen LogP contribution in [0.1, 0.15) is 12.6 Å². The lowest BCUT2D eigenvalue weighted by Crippen LogP contribution is -2.22. The number of aryl methyl sites for hydroxylation is 1. The summed E-state index contributed by atoms with van der Waals surface area (Å²) in [7, 11) is 0. The van der Waals surface area contributed by atoms with Gasteiger partial charge in [0.15, 0.2) is 0 Å². The largest absolute Gasteiger partial charge is 0.397 e. The van der Waals surface area contributed by atoms with Crippen molar-refractivity contribution in [1.82, 2.24) is 14.5 Å². The summed E-state index contributed by atoms with van der Waals surface area (Å²) in [4.78, 5) is 21.0. The molecular weight excluding hydrogens is 459 g/mol. The van der Waals surface area contributed by atoms with Gasteiger partial charge in [-0.2, -0.15) is 13.5 Å². The van der Waals surface area contributed by atoms with Crippen LogP contribution in [-0.4, -0.2) is 14.5 Å². The molecule has 0 atom stereocenters. The van der Waals surface area contributed by atoms with Crippen molar-refractivity contribution in [2.24, 2.45) is 0 Å². The first-order valence-electron chi connectivity index (χ1n) is 10.0. The molecule has 33 heavy (non-hydrogen) atoms. The lowest BCUT2D eigenvalue weighted by molar-refractivity contribution is 0.626. The first-order chi connectivity index (χ1) is 15.5. The molecule has 8 heteroatoms. The summed E-state index contributed by atoms with van der Waals surface area (Å²) in [5, 5.41) is 1.67. The van der Waals surface area contributed by atoms with Gasteiger partial charge in [0, 0.05) is 18.1 Å². The van der Waals surface area contributed by atoms with Crippen molar-refractivity contribution in [2.75, 3.05) is 5.73 Å². The van der Waals surface area contributed by atoms with Crippen molar-refractivity contribution in [3.63, 3.8) is 0 Å². The molecule has 2 N–H and O–H groups in total. The van der Waals surface area contributed by atoms with E-state index in [1.807, 2.05) is 37.3 Å². The summed E-state index contributed by atoms with van der Waals surface area (Å²) in [6.45, 7) is 1.96. The van der Waals surface area contributed by atoms with Gasteiger partial charge in [-0.1, -0.05) is 36.7 Å². The average molecular weight is 481 g/mol. The first kappa shape index (κ1) is 24.2. The summed E-state index contributed by atoms with van der Waals surface area (Å²) in [6.07, 6.45) is 4.05. The van der Waals surface area contributed by atoms with E-state index in [1.165, 1.54) is 16.7 Å². The highest BCUT2D eigenvalue weighted by Gasteiger charge is 2.12. The zero-order valence-corrected chi connectivity index (χ0v) is 19.6. The number of halogens is 2. The van der Waals surface area contributed by atoms with Crippen molar-refractivity contribution in [3.05, 3.63) is 106 Å². The smallest absolute Gasteiger partial charge is 0.264 e. The minimum atomic E-state index is -0.374. The SMILES string of the molecule is CCc1cc2cccc(Cl)c2c(=O)n1-c1cccc(F)c1.Nc1ccnc2cccnc12.S. The Kier molecular flexibility index (Phi) is 7.68. The Morgan fingerprint density at radius 2 is 1.79 bits per heavy atom. The van der Waals surface area contributed by atoms with E-state index in [9.17, 15) is 9.18 Å². The van der Waals surface area contributed by atoms with Crippen LogP contribution >= 0.6 is 25.1 Å². The van der Waals surface area contributed by atoms with Gasteiger partial charge in [-0.3, -0.25) is 19.3 Å². The van der Waals surface area contributed by atoms with Gasteiger partial charge >= 0.3 is 0 Å². The molecule has 5 rings (SSSR count). The Balaban J connectivity index is 0.000000215. The van der Waals surface area contributed by atoms with Crippen LogP contribution in [-0.2, 0) is 6.42 Å². The normalized spacial score (nSPS) is 10.4. The molecule has 2 aromatic carbocycles. The van der Waals surface area contributed by atoms with Crippen LogP contribution in [0.5, 0.6) is 0 Å². The monoisotopic (exact) mass is 480 g/mol. The van der Waals surface area contributed by atoms with Gasteiger partial charge in [0.25, 0.3) is 5.56 Å². The van der Waals surface area contributed by atoms with Crippen LogP contribution in [0.3, 0.4) is 0 Å². The maximum Gasteiger partial charge on any atom is 0.264 e. The molecule has 0 aliphatic rings. The van der Waals surface area contributed by atoms with Gasteiger partial charge in [0.1, 0.15) is 11.3 Å². The Bertz CT molecular complexity index is 1480. The number of hydrogen-bond donors (Lipinski definition) is 1. The van der Waals surface area contributed by atoms with Crippen LogP contribution in [0, 0.1) is 5.82 Å². The number of hydrogen-bond acceptors (Lipinski definition) is 4. The maximum absolute atomic E-state index is 13.5. The molecule has 0 aliphatic carbocycles. The molecule has 0 unspecified atom stereocenters. The predicted molar refractivity (Wildman–Crippen MR) is 138 cm³/mol. The number of nitrogens with two attached hydrogens (primary N) is 1. The Morgan fingerprint density at radius 3 is 2.52 bits per heavy atom. The number of aromatic nitrogens is 3. The summed E-state index contributed by atoms with van der Waals surface area (Å²) >= 11 is 6.16. The van der Waals surface area contributed by atoms with Gasteiger partial charge in [0.2, 0.25) is 0 Å². The average Bonchev–Trinajstić information content (AvgIpc) is 2.79. The van der Waals surface area contributed by atoms with E-state index in [2.05, 4.69) is 9.97 Å². The fourth-order valence-electron chi connectivity index (χ4n) is 3.53. The van der Waals surface area contributed by atoms with Crippen molar-refractivity contribution in [3.8, 4) is 5.69 Å². The Morgan fingerprint density at radius 1 is 1.00 bits per heavy atom. The minimum Gasteiger partial charge on any atom is -0.397 e. The fraction of sp³-hybridized carbons (Fsp3) is 0.0800. The molecule has 5 aromatic rings. The number of benzene rings is 2. The fourth-order valence-corrected chi connectivity index (χ4v) is 3.79. The summed E-state index contributed by atoms with van der Waals surface area (Å²) in [5.74, 6) is -0.374. The zero-order chi connectivity index (χ0) is 22.7. The number of nitrogen functional groups attached to an aromatic ring is 1. The lowest BCUT2D eigenvalue weighted by Gasteiger charge is -2.14. The van der Waals surface area contributed by atoms with E-state index < -0.39 is 0 Å². The van der Waals surface area contributed by atoms with E-state index in [0.29, 0.717) is 28.2 Å². The summed E-state index contributed by atoms with van der Waals surface area (Å²) in [6, 6.07) is 18.8. The molecule has 0 saturated carbocycles. The van der Waals surface area contributed by atoms with E-state index in [0.717, 1.165) is 22.1 Å². The molecular formula is C25H22ClFN4OS. The third kappa shape index (κ3) is 4.99. The van der Waals surface area contributed by atoms with Crippen LogP contribution in [0.4, 0.5) is 10.1 Å². The molecule has 0 radical (unpaired) electrons. The number of anilines is 1. The molecule has 0 saturated heterocycles. The second-order valence-corrected chi connectivity index (χ2v) is 7.49. The Labute approximate surface area is 202 Å². The number of pyridine rings is 3. The van der Waals surface area contributed by atoms with Crippen molar-refractivity contribution in [2.45, 2.75) is 13.3 Å². The van der Waals surface area contributed by atoms with Crippen molar-refractivity contribution >= 4 is 52.6 Å². The van der Waals surface area contributed by atoms with Gasteiger partial charge in [-0.15, -0.1) is 0 Å². The van der Waals surface area contributed by atoms with Gasteiger partial charge in [-0.05, 0) is 60.3 Å². The molecule has 0 spiro atoms. The molecule has 0 aliphatic heterocycles. The molecule has 0 bridgehead atoms. The number of rotatable bonds is 2. The van der Waals surface area contributed by atoms with Crippen LogP contribution in [0.2, 0.25) is 5.02 Å². The Hall–Kier alpha value is -3.42. The molecule has 0 amide bonds. The van der Waals surface area contributed by atoms with Crippen molar-refractivity contribution < 1.29 is 4.39 Å². The molecule has 3 heterocycles. The highest BCUT2D eigenvalue weighted by molar-refractivity contribution is 7.59. The predicted octanol–water partition coefficient (Wildman–Crippen LogP) is 5.67. The van der Waals surface area contributed by atoms with Gasteiger partial charge in [0.05, 0.1) is 27.3 Å². The quantitative estimate of drug-likeness (QED) is 0.353. The second kappa shape index (κ2) is 10.5. The van der Waals surface area contributed by atoms with Crippen LogP contribution in [0.15, 0.2) is 83.9 Å². The highest BCUT2D eigenvalue weighted by atomic mass is 35.5. The molecule has 168 valence electrons. The minimum absolute atomic E-state index is 0. The van der Waals surface area contributed by atoms with Crippen LogP contribution in [0.25, 0.3) is 27.5 Å². The van der Waals surface area contributed by atoms with Gasteiger partial charge < -0.3 is 5.73 Å². The van der Waals surface area contributed by atoms with Crippen LogP contribution < -0.4 is 11.3 Å². The number of nitrogens with zero attached hydrogens (tertiary/aromatic N) is 3. The first-order valence-corrected chi connectivity index (χ1v) is 10.4. The molecule has 3 aromatic heterocycles. The molecule has 0 fully saturated rings. The van der Waals surface area contributed by atoms with E-state index in [-0.39, 0.29) is 24.9 Å². The molecule has 5 nitrogen and oxygen atoms in total. The zero-order valence-electron chi connectivity index (χ0n) is 17.8. The van der Waals surface area contributed by atoms with E-state index in [4.69, 9.17) is 17.3 Å². The topological polar surface area (TPSA) is 73.8 Å². The second-order valence-electron chi connectivity index (χ2n) is 7.09. The third-order valence-electron chi connectivity index (χ3n) is 5.03. The van der Waals surface area contributed by atoms with E-state index in [1.54, 1.807) is 36.7 Å². The number of fused-ring (bicyclic) bond motifs is 2. The third-order valence-corrected chi connectivity index (χ3v) is 5.34. The van der Waals surface area contributed by atoms with Gasteiger partial charge in [-0.25, -0.2) is 4.39 Å². The lowest BCUT2D eigenvalue weighted by atomic mass is 10.1. The standard InChI is InChI=1S/C17H13ClFNO.C8H7N3.H2S/c1-2-13-9-11-5-3-8-15(18)16(11)17(21)20(13)14-7-4-6-12(19)10-14;9-6-3-5-10-7-2-1-4-11-8(6)7;/h3-10H,2H2,1H3;1-5H,(H2,9,10);1H2. The summed E-state index contributed by atoms with van der Waals surface area (Å²) < 4.78 is 15.0. The van der Waals surface area contributed by atoms with E-state index >= 15 is 0 Å². The summed E-state index contributed by atoms with van der Waals surface area (Å²) in [5.41, 5.74) is 9.05. The highest BCUT2D eigenvalue weighted by Crippen LogP contribution is 2.23. The van der Waals surface area contributed by atoms with Crippen molar-refractivity contribution in [1.29, 1.82) is 0 Å².